The predicted octanol–water partition coefficient (Wildman–Crippen LogP) is 2.88. The van der Waals surface area contributed by atoms with E-state index in [9.17, 15) is 9.59 Å². The molecule has 0 heterocycles. The van der Waals surface area contributed by atoms with Gasteiger partial charge in [0.1, 0.15) is 5.75 Å². The Kier molecular flexibility index (Phi) is 7.44. The van der Waals surface area contributed by atoms with Crippen LogP contribution in [0.15, 0.2) is 48.5 Å². The Hall–Kier alpha value is -2.57. The molecule has 0 aliphatic heterocycles. The predicted molar refractivity (Wildman–Crippen MR) is 102 cm³/mol. The highest BCUT2D eigenvalue weighted by atomic mass is 35.5. The zero-order valence-corrected chi connectivity index (χ0v) is 15.3. The topological polar surface area (TPSA) is 93.5 Å². The second kappa shape index (κ2) is 9.79. The molecule has 2 amide bonds. The number of halogens is 1. The van der Waals surface area contributed by atoms with Crippen LogP contribution in [0, 0.1) is 0 Å². The smallest absolute Gasteiger partial charge is 0.226 e. The van der Waals surface area contributed by atoms with E-state index in [-0.39, 0.29) is 37.2 Å². The molecule has 7 heteroatoms. The molecule has 0 bridgehead atoms. The van der Waals surface area contributed by atoms with E-state index in [1.54, 1.807) is 18.2 Å². The Morgan fingerprint density at radius 2 is 1.88 bits per heavy atom. The van der Waals surface area contributed by atoms with Crippen molar-refractivity contribution in [2.75, 3.05) is 19.0 Å². The molecule has 1 atom stereocenters. The monoisotopic (exact) mass is 375 g/mol. The molecule has 6 nitrogen and oxygen atoms in total. The number of benzene rings is 2. The van der Waals surface area contributed by atoms with Gasteiger partial charge in [0.2, 0.25) is 11.8 Å². The van der Waals surface area contributed by atoms with Crippen molar-refractivity contribution in [2.45, 2.75) is 18.9 Å². The second-order valence-corrected chi connectivity index (χ2v) is 6.15. The van der Waals surface area contributed by atoms with Gasteiger partial charge in [0.05, 0.1) is 12.8 Å². The van der Waals surface area contributed by atoms with Crippen molar-refractivity contribution in [3.8, 4) is 5.75 Å². The molecular weight excluding hydrogens is 354 g/mol. The molecule has 0 spiro atoms. The molecule has 138 valence electrons. The number of nitrogens with one attached hydrogen (secondary N) is 2. The lowest BCUT2D eigenvalue weighted by atomic mass is 10.0. The molecule has 0 aliphatic rings. The first-order valence-corrected chi connectivity index (χ1v) is 8.58. The summed E-state index contributed by atoms with van der Waals surface area (Å²) < 4.78 is 5.17. The van der Waals surface area contributed by atoms with Gasteiger partial charge in [-0.05, 0) is 23.8 Å². The fourth-order valence-corrected chi connectivity index (χ4v) is 2.57. The van der Waals surface area contributed by atoms with Gasteiger partial charge >= 0.3 is 0 Å². The Bertz CT molecular complexity index is 753. The number of hydrogen-bond acceptors (Lipinski definition) is 4. The molecule has 4 N–H and O–H groups in total. The van der Waals surface area contributed by atoms with Crippen molar-refractivity contribution < 1.29 is 14.3 Å². The summed E-state index contributed by atoms with van der Waals surface area (Å²) in [7, 11) is 1.51. The molecule has 0 saturated carbocycles. The van der Waals surface area contributed by atoms with Gasteiger partial charge in [0.25, 0.3) is 0 Å². The summed E-state index contributed by atoms with van der Waals surface area (Å²) in [5.41, 5.74) is 7.39. The number of anilines is 1. The van der Waals surface area contributed by atoms with Crippen molar-refractivity contribution in [3.63, 3.8) is 0 Å². The van der Waals surface area contributed by atoms with E-state index in [0.717, 1.165) is 5.56 Å². The summed E-state index contributed by atoms with van der Waals surface area (Å²) in [6.07, 6.45) is 0.287. The molecule has 0 saturated heterocycles. The summed E-state index contributed by atoms with van der Waals surface area (Å²) >= 11 is 5.93. The number of nitrogens with two attached hydrogens (primary N) is 1. The Balaban J connectivity index is 1.76. The molecule has 1 unspecified atom stereocenters. The van der Waals surface area contributed by atoms with Crippen molar-refractivity contribution in [1.82, 2.24) is 5.32 Å². The first kappa shape index (κ1) is 19.8. The third-order valence-corrected chi connectivity index (χ3v) is 3.98. The summed E-state index contributed by atoms with van der Waals surface area (Å²) in [5.74, 6) is 0.0633. The second-order valence-electron chi connectivity index (χ2n) is 5.71. The van der Waals surface area contributed by atoms with E-state index in [2.05, 4.69) is 10.6 Å². The molecule has 2 aromatic rings. The van der Waals surface area contributed by atoms with Crippen LogP contribution in [0.3, 0.4) is 0 Å². The molecule has 2 rings (SSSR count). The molecule has 2 aromatic carbocycles. The van der Waals surface area contributed by atoms with E-state index in [1.165, 1.54) is 7.11 Å². The number of carbonyl (C=O) groups excluding carboxylic acids is 2. The minimum Gasteiger partial charge on any atom is -0.495 e. The van der Waals surface area contributed by atoms with Crippen LogP contribution in [0.5, 0.6) is 5.75 Å². The molecule has 26 heavy (non-hydrogen) atoms. The van der Waals surface area contributed by atoms with Crippen molar-refractivity contribution >= 4 is 29.1 Å². The Morgan fingerprint density at radius 1 is 1.15 bits per heavy atom. The average molecular weight is 376 g/mol. The van der Waals surface area contributed by atoms with Crippen LogP contribution >= 0.6 is 11.6 Å². The number of ether oxygens (including phenoxy) is 1. The van der Waals surface area contributed by atoms with E-state index in [4.69, 9.17) is 22.1 Å². The van der Waals surface area contributed by atoms with E-state index in [1.807, 2.05) is 30.3 Å². The van der Waals surface area contributed by atoms with Crippen LogP contribution < -0.4 is 21.1 Å². The minimum atomic E-state index is -0.374. The number of hydrogen-bond donors (Lipinski definition) is 3. The van der Waals surface area contributed by atoms with E-state index >= 15 is 0 Å². The van der Waals surface area contributed by atoms with Gasteiger partial charge in [-0.3, -0.25) is 9.59 Å². The third-order valence-electron chi connectivity index (χ3n) is 3.74. The molecule has 0 aliphatic carbocycles. The zero-order valence-electron chi connectivity index (χ0n) is 14.5. The Morgan fingerprint density at radius 3 is 2.58 bits per heavy atom. The number of carbonyl (C=O) groups is 2. The molecule has 0 aromatic heterocycles. The quantitative estimate of drug-likeness (QED) is 0.661. The number of amides is 2. The molecule has 0 radical (unpaired) electrons. The maximum Gasteiger partial charge on any atom is 0.226 e. The van der Waals surface area contributed by atoms with Crippen molar-refractivity contribution in [2.24, 2.45) is 5.73 Å². The molecular formula is C19H22ClN3O3. The molecule has 0 fully saturated rings. The lowest BCUT2D eigenvalue weighted by molar-refractivity contribution is -0.121. The highest BCUT2D eigenvalue weighted by Gasteiger charge is 2.12. The van der Waals surface area contributed by atoms with Crippen LogP contribution in [0.25, 0.3) is 0 Å². The third kappa shape index (κ3) is 6.06. The largest absolute Gasteiger partial charge is 0.495 e. The van der Waals surface area contributed by atoms with Gasteiger partial charge in [0, 0.05) is 30.5 Å². The van der Waals surface area contributed by atoms with Gasteiger partial charge in [-0.25, -0.2) is 0 Å². The fourth-order valence-electron chi connectivity index (χ4n) is 2.40. The fraction of sp³-hybridized carbons (Fsp3) is 0.263. The average Bonchev–Trinajstić information content (AvgIpc) is 2.62. The maximum atomic E-state index is 12.0. The summed E-state index contributed by atoms with van der Waals surface area (Å²) in [4.78, 5) is 24.0. The first-order valence-electron chi connectivity index (χ1n) is 8.20. The highest BCUT2D eigenvalue weighted by molar-refractivity contribution is 6.31. The van der Waals surface area contributed by atoms with Crippen LogP contribution in [-0.2, 0) is 9.59 Å². The van der Waals surface area contributed by atoms with Crippen LogP contribution in [0.1, 0.15) is 24.4 Å². The maximum absolute atomic E-state index is 12.0. The lowest BCUT2D eigenvalue weighted by Gasteiger charge is -2.13. The van der Waals surface area contributed by atoms with Crippen molar-refractivity contribution in [3.05, 3.63) is 59.1 Å². The standard InChI is InChI=1S/C19H22ClN3O3/c1-26-17-8-7-14(20)11-16(17)23-18(24)9-10-22-19(25)12-15(21)13-5-3-2-4-6-13/h2-8,11,15H,9-10,12,21H2,1H3,(H,22,25)(H,23,24). The summed E-state index contributed by atoms with van der Waals surface area (Å²) in [5, 5.41) is 5.91. The van der Waals surface area contributed by atoms with Crippen molar-refractivity contribution in [1.29, 1.82) is 0 Å². The van der Waals surface area contributed by atoms with E-state index < -0.39 is 0 Å². The zero-order chi connectivity index (χ0) is 18.9. The van der Waals surface area contributed by atoms with Gasteiger partial charge in [-0.1, -0.05) is 41.9 Å². The highest BCUT2D eigenvalue weighted by Crippen LogP contribution is 2.27. The number of rotatable bonds is 8. The summed E-state index contributed by atoms with van der Waals surface area (Å²) in [6.45, 7) is 0.217. The summed E-state index contributed by atoms with van der Waals surface area (Å²) in [6, 6.07) is 14.0. The van der Waals surface area contributed by atoms with Gasteiger partial charge in [0.15, 0.2) is 0 Å². The minimum absolute atomic E-state index is 0.127. The van der Waals surface area contributed by atoms with Crippen LogP contribution in [0.2, 0.25) is 5.02 Å². The normalized spacial score (nSPS) is 11.5. The lowest BCUT2D eigenvalue weighted by Crippen LogP contribution is -2.30. The van der Waals surface area contributed by atoms with Gasteiger partial charge in [-0.15, -0.1) is 0 Å². The van der Waals surface area contributed by atoms with Gasteiger partial charge in [-0.2, -0.15) is 0 Å². The van der Waals surface area contributed by atoms with Gasteiger partial charge < -0.3 is 21.1 Å². The van der Waals surface area contributed by atoms with Crippen LogP contribution in [0.4, 0.5) is 5.69 Å². The van der Waals surface area contributed by atoms with Crippen LogP contribution in [-0.4, -0.2) is 25.5 Å². The SMILES string of the molecule is COc1ccc(Cl)cc1NC(=O)CCNC(=O)CC(N)c1ccccc1. The first-order chi connectivity index (χ1) is 12.5. The van der Waals surface area contributed by atoms with E-state index in [0.29, 0.717) is 16.5 Å². The number of methoxy groups -OCH3 is 1. The Labute approximate surface area is 157 Å².